The van der Waals surface area contributed by atoms with Crippen molar-refractivity contribution >= 4 is 6.98 Å². The van der Waals surface area contributed by atoms with Crippen molar-refractivity contribution < 1.29 is 0 Å². The molecule has 0 bridgehead atoms. The molecular weight excluding hydrogens is 123 g/mol. The summed E-state index contributed by atoms with van der Waals surface area (Å²) in [5.41, 5.74) is 0. The molecule has 0 aromatic heterocycles. The first kappa shape index (κ1) is 9.98. The molecule has 0 radical (unpaired) electrons. The van der Waals surface area contributed by atoms with Crippen LogP contribution in [-0.2, 0) is 0 Å². The molecule has 0 fully saturated rings. The number of rotatable bonds is 5. The van der Waals surface area contributed by atoms with E-state index in [1.807, 2.05) is 0 Å². The van der Waals surface area contributed by atoms with Crippen LogP contribution >= 0.6 is 0 Å². The maximum atomic E-state index is 3.37. The van der Waals surface area contributed by atoms with Gasteiger partial charge in [0.2, 0.25) is 0 Å². The SMILES string of the molecule is CCNB(NCC)C(C)C. The molecule has 0 unspecified atom stereocenters. The molecule has 0 atom stereocenters. The van der Waals surface area contributed by atoms with E-state index in [1.165, 1.54) is 0 Å². The number of hydrogen-bond donors (Lipinski definition) is 2. The highest BCUT2D eigenvalue weighted by Gasteiger charge is 2.15. The molecule has 0 aliphatic carbocycles. The van der Waals surface area contributed by atoms with Gasteiger partial charge in [0.05, 0.1) is 0 Å². The Hall–Kier alpha value is -0.0151. The highest BCUT2D eigenvalue weighted by molar-refractivity contribution is 6.54. The molecule has 0 aliphatic rings. The zero-order chi connectivity index (χ0) is 7.98. The minimum atomic E-state index is 0.481. The highest BCUT2D eigenvalue weighted by Crippen LogP contribution is 2.00. The number of nitrogens with one attached hydrogen (secondary N) is 2. The summed E-state index contributed by atoms with van der Waals surface area (Å²) < 4.78 is 0. The summed E-state index contributed by atoms with van der Waals surface area (Å²) in [5, 5.41) is 6.74. The minimum absolute atomic E-state index is 0.481. The van der Waals surface area contributed by atoms with Gasteiger partial charge in [0.1, 0.15) is 0 Å². The fourth-order valence-electron chi connectivity index (χ4n) is 0.983. The predicted octanol–water partition coefficient (Wildman–Crippen LogP) is 1.10. The van der Waals surface area contributed by atoms with Crippen LogP contribution in [0.3, 0.4) is 0 Å². The summed E-state index contributed by atoms with van der Waals surface area (Å²) in [6.07, 6.45) is 0. The van der Waals surface area contributed by atoms with Gasteiger partial charge in [-0.2, -0.15) is 0 Å². The Kier molecular flexibility index (Phi) is 5.74. The third-order valence-electron chi connectivity index (χ3n) is 1.51. The third-order valence-corrected chi connectivity index (χ3v) is 1.51. The monoisotopic (exact) mass is 142 g/mol. The first-order chi connectivity index (χ1) is 4.72. The lowest BCUT2D eigenvalue weighted by Crippen LogP contribution is -2.49. The van der Waals surface area contributed by atoms with Crippen molar-refractivity contribution in [3.8, 4) is 0 Å². The van der Waals surface area contributed by atoms with Gasteiger partial charge in [0, 0.05) is 0 Å². The van der Waals surface area contributed by atoms with E-state index >= 15 is 0 Å². The molecule has 0 spiro atoms. The molecule has 0 amide bonds. The van der Waals surface area contributed by atoms with Gasteiger partial charge in [-0.25, -0.2) is 0 Å². The second-order valence-electron chi connectivity index (χ2n) is 2.84. The van der Waals surface area contributed by atoms with Gasteiger partial charge in [-0.15, -0.1) is 0 Å². The molecule has 2 N–H and O–H groups in total. The van der Waals surface area contributed by atoms with E-state index in [4.69, 9.17) is 0 Å². The van der Waals surface area contributed by atoms with Crippen molar-refractivity contribution in [3.05, 3.63) is 0 Å². The van der Waals surface area contributed by atoms with Crippen molar-refractivity contribution in [2.24, 2.45) is 0 Å². The molecule has 60 valence electrons. The maximum Gasteiger partial charge on any atom is 0.307 e. The smallest absolute Gasteiger partial charge is 0.307 e. The molecule has 2 nitrogen and oxygen atoms in total. The molecule has 0 saturated carbocycles. The fraction of sp³-hybridized carbons (Fsp3) is 1.00. The van der Waals surface area contributed by atoms with Crippen LogP contribution < -0.4 is 10.5 Å². The first-order valence-corrected chi connectivity index (χ1v) is 4.19. The van der Waals surface area contributed by atoms with Gasteiger partial charge in [0.15, 0.2) is 0 Å². The molecule has 10 heavy (non-hydrogen) atoms. The second-order valence-corrected chi connectivity index (χ2v) is 2.84. The van der Waals surface area contributed by atoms with Gasteiger partial charge >= 0.3 is 6.98 Å². The molecule has 0 heterocycles. The van der Waals surface area contributed by atoms with Gasteiger partial charge in [-0.3, -0.25) is 0 Å². The zero-order valence-electron chi connectivity index (χ0n) is 7.57. The Morgan fingerprint density at radius 2 is 1.50 bits per heavy atom. The third kappa shape index (κ3) is 3.91. The Bertz CT molecular complexity index is 70.0. The van der Waals surface area contributed by atoms with E-state index in [2.05, 4.69) is 38.2 Å². The summed E-state index contributed by atoms with van der Waals surface area (Å²) in [5.74, 6) is 0.667. The summed E-state index contributed by atoms with van der Waals surface area (Å²) in [6.45, 7) is 11.3. The second kappa shape index (κ2) is 5.75. The van der Waals surface area contributed by atoms with E-state index in [0.29, 0.717) is 12.8 Å². The largest absolute Gasteiger partial charge is 0.342 e. The molecular formula is C7H19BN2. The van der Waals surface area contributed by atoms with Gasteiger partial charge in [-0.05, 0) is 18.9 Å². The summed E-state index contributed by atoms with van der Waals surface area (Å²) in [4.78, 5) is 0. The van der Waals surface area contributed by atoms with Crippen molar-refractivity contribution in [2.45, 2.75) is 33.5 Å². The lowest BCUT2D eigenvalue weighted by molar-refractivity contribution is 0.833. The van der Waals surface area contributed by atoms with Gasteiger partial charge in [-0.1, -0.05) is 27.7 Å². The molecule has 0 aromatic rings. The zero-order valence-corrected chi connectivity index (χ0v) is 7.57. The lowest BCUT2D eigenvalue weighted by atomic mass is 9.64. The molecule has 3 heteroatoms. The van der Waals surface area contributed by atoms with Crippen molar-refractivity contribution in [1.29, 1.82) is 0 Å². The van der Waals surface area contributed by atoms with Crippen LogP contribution in [0.25, 0.3) is 0 Å². The van der Waals surface area contributed by atoms with Crippen molar-refractivity contribution in [2.75, 3.05) is 13.1 Å². The average molecular weight is 142 g/mol. The van der Waals surface area contributed by atoms with Crippen LogP contribution in [0.1, 0.15) is 27.7 Å². The maximum absolute atomic E-state index is 3.37. The van der Waals surface area contributed by atoms with Crippen molar-refractivity contribution in [3.63, 3.8) is 0 Å². The summed E-state index contributed by atoms with van der Waals surface area (Å²) >= 11 is 0. The molecule has 0 aromatic carbocycles. The lowest BCUT2D eigenvalue weighted by Gasteiger charge is -2.17. The van der Waals surface area contributed by atoms with Gasteiger partial charge in [0.25, 0.3) is 0 Å². The van der Waals surface area contributed by atoms with Crippen LogP contribution in [0.4, 0.5) is 0 Å². The van der Waals surface area contributed by atoms with E-state index in [0.717, 1.165) is 13.1 Å². The highest BCUT2D eigenvalue weighted by atomic mass is 14.9. The van der Waals surface area contributed by atoms with E-state index < -0.39 is 0 Å². The van der Waals surface area contributed by atoms with E-state index in [1.54, 1.807) is 0 Å². The van der Waals surface area contributed by atoms with Crippen LogP contribution in [-0.4, -0.2) is 20.1 Å². The normalized spacial score (nSPS) is 10.5. The fourth-order valence-corrected chi connectivity index (χ4v) is 0.983. The number of hydrogen-bond acceptors (Lipinski definition) is 2. The summed E-state index contributed by atoms with van der Waals surface area (Å²) in [6, 6.07) is 0. The van der Waals surface area contributed by atoms with E-state index in [9.17, 15) is 0 Å². The van der Waals surface area contributed by atoms with Crippen LogP contribution in [0.2, 0.25) is 5.82 Å². The quantitative estimate of drug-likeness (QED) is 0.561. The first-order valence-electron chi connectivity index (χ1n) is 4.19. The standard InChI is InChI=1S/C7H19BN2/c1-5-9-8(7(3)4)10-6-2/h7,9-10H,5-6H2,1-4H3. The Labute approximate surface area is 64.9 Å². The van der Waals surface area contributed by atoms with Crippen LogP contribution in [0, 0.1) is 0 Å². The summed E-state index contributed by atoms with van der Waals surface area (Å²) in [7, 11) is 0. The van der Waals surface area contributed by atoms with Crippen molar-refractivity contribution in [1.82, 2.24) is 10.5 Å². The van der Waals surface area contributed by atoms with Crippen LogP contribution in [0.5, 0.6) is 0 Å². The average Bonchev–Trinajstić information content (AvgIpc) is 1.87. The Balaban J connectivity index is 3.50. The Morgan fingerprint density at radius 1 is 1.10 bits per heavy atom. The molecule has 0 aliphatic heterocycles. The topological polar surface area (TPSA) is 24.1 Å². The molecule has 0 rings (SSSR count). The minimum Gasteiger partial charge on any atom is -0.342 e. The van der Waals surface area contributed by atoms with Gasteiger partial charge < -0.3 is 10.5 Å². The van der Waals surface area contributed by atoms with E-state index in [-0.39, 0.29) is 0 Å². The molecule has 0 saturated heterocycles. The predicted molar refractivity (Wildman–Crippen MR) is 48.2 cm³/mol. The Morgan fingerprint density at radius 3 is 1.70 bits per heavy atom. The van der Waals surface area contributed by atoms with Crippen LogP contribution in [0.15, 0.2) is 0 Å².